The Kier molecular flexibility index (Phi) is 7.02. The molecule has 0 aromatic heterocycles. The number of likely N-dealkylation sites (N-methyl/N-ethyl adjacent to an activating group) is 1. The molecule has 0 bridgehead atoms. The maximum atomic E-state index is 12.8. The SMILES string of the molecule is CCNC(=O)[C@@H](C)NC(=O)c1ccc(Cl)c(S(=O)(=O)N2CCCCC2)c1. The smallest absolute Gasteiger partial charge is 0.251 e. The van der Waals surface area contributed by atoms with Crippen LogP contribution in [0.2, 0.25) is 5.02 Å². The molecule has 0 spiro atoms. The second-order valence-electron chi connectivity index (χ2n) is 6.20. The molecule has 0 radical (unpaired) electrons. The number of carbonyl (C=O) groups is 2. The summed E-state index contributed by atoms with van der Waals surface area (Å²) in [6.07, 6.45) is 2.61. The zero-order valence-corrected chi connectivity index (χ0v) is 16.5. The molecule has 1 fully saturated rings. The first kappa shape index (κ1) is 20.7. The summed E-state index contributed by atoms with van der Waals surface area (Å²) in [4.78, 5) is 24.1. The van der Waals surface area contributed by atoms with Gasteiger partial charge in [-0.25, -0.2) is 8.42 Å². The van der Waals surface area contributed by atoms with E-state index in [-0.39, 0.29) is 21.4 Å². The highest BCUT2D eigenvalue weighted by molar-refractivity contribution is 7.89. The number of benzene rings is 1. The molecule has 1 aromatic carbocycles. The van der Waals surface area contributed by atoms with E-state index in [1.165, 1.54) is 22.5 Å². The molecule has 144 valence electrons. The van der Waals surface area contributed by atoms with Crippen LogP contribution < -0.4 is 10.6 Å². The first-order chi connectivity index (χ1) is 12.3. The van der Waals surface area contributed by atoms with Gasteiger partial charge in [0.05, 0.1) is 5.02 Å². The molecular weight excluding hydrogens is 378 g/mol. The van der Waals surface area contributed by atoms with Gasteiger partial charge in [-0.2, -0.15) is 4.31 Å². The van der Waals surface area contributed by atoms with E-state index >= 15 is 0 Å². The van der Waals surface area contributed by atoms with E-state index in [0.717, 1.165) is 19.3 Å². The third-order valence-electron chi connectivity index (χ3n) is 4.22. The van der Waals surface area contributed by atoms with Crippen molar-refractivity contribution in [3.05, 3.63) is 28.8 Å². The molecule has 2 N–H and O–H groups in total. The van der Waals surface area contributed by atoms with Crippen LogP contribution in [0.4, 0.5) is 0 Å². The molecule has 1 atom stereocenters. The Labute approximate surface area is 159 Å². The monoisotopic (exact) mass is 401 g/mol. The zero-order valence-electron chi connectivity index (χ0n) is 14.9. The number of halogens is 1. The largest absolute Gasteiger partial charge is 0.355 e. The molecule has 2 rings (SSSR count). The van der Waals surface area contributed by atoms with Crippen LogP contribution in [0, 0.1) is 0 Å². The lowest BCUT2D eigenvalue weighted by atomic mass is 10.2. The highest BCUT2D eigenvalue weighted by atomic mass is 35.5. The normalized spacial score (nSPS) is 16.7. The van der Waals surface area contributed by atoms with E-state index < -0.39 is 22.0 Å². The summed E-state index contributed by atoms with van der Waals surface area (Å²) in [7, 11) is -3.76. The van der Waals surface area contributed by atoms with Gasteiger partial charge in [-0.3, -0.25) is 9.59 Å². The lowest BCUT2D eigenvalue weighted by Gasteiger charge is -2.26. The van der Waals surface area contributed by atoms with Gasteiger partial charge >= 0.3 is 0 Å². The Morgan fingerprint density at radius 2 is 1.88 bits per heavy atom. The average molecular weight is 402 g/mol. The summed E-state index contributed by atoms with van der Waals surface area (Å²) >= 11 is 6.10. The van der Waals surface area contributed by atoms with Gasteiger partial charge in [0.25, 0.3) is 5.91 Å². The van der Waals surface area contributed by atoms with Crippen molar-refractivity contribution >= 4 is 33.4 Å². The predicted molar refractivity (Wildman–Crippen MR) is 99.7 cm³/mol. The molecule has 0 saturated carbocycles. The number of nitrogens with zero attached hydrogens (tertiary/aromatic N) is 1. The van der Waals surface area contributed by atoms with E-state index in [1.54, 1.807) is 13.8 Å². The van der Waals surface area contributed by atoms with Gasteiger partial charge in [0.2, 0.25) is 15.9 Å². The number of hydrogen-bond donors (Lipinski definition) is 2. The quantitative estimate of drug-likeness (QED) is 0.759. The summed E-state index contributed by atoms with van der Waals surface area (Å²) in [5.74, 6) is -0.841. The summed E-state index contributed by atoms with van der Waals surface area (Å²) in [6, 6.07) is 3.37. The predicted octanol–water partition coefficient (Wildman–Crippen LogP) is 1.77. The van der Waals surface area contributed by atoms with E-state index in [4.69, 9.17) is 11.6 Å². The number of nitrogens with one attached hydrogen (secondary N) is 2. The van der Waals surface area contributed by atoms with E-state index in [2.05, 4.69) is 10.6 Å². The van der Waals surface area contributed by atoms with Gasteiger partial charge in [-0.15, -0.1) is 0 Å². The Bertz CT molecular complexity index is 776. The third-order valence-corrected chi connectivity index (χ3v) is 6.60. The van der Waals surface area contributed by atoms with Crippen LogP contribution in [0.1, 0.15) is 43.5 Å². The molecule has 26 heavy (non-hydrogen) atoms. The van der Waals surface area contributed by atoms with Crippen molar-refractivity contribution in [1.82, 2.24) is 14.9 Å². The molecule has 1 aliphatic rings. The van der Waals surface area contributed by atoms with Crippen molar-refractivity contribution in [2.75, 3.05) is 19.6 Å². The van der Waals surface area contributed by atoms with Crippen LogP contribution in [-0.2, 0) is 14.8 Å². The fraction of sp³-hybridized carbons (Fsp3) is 0.529. The van der Waals surface area contributed by atoms with Crippen LogP contribution in [0.3, 0.4) is 0 Å². The van der Waals surface area contributed by atoms with Gasteiger partial charge in [-0.05, 0) is 44.9 Å². The minimum Gasteiger partial charge on any atom is -0.355 e. The Balaban J connectivity index is 2.23. The number of sulfonamides is 1. The zero-order chi connectivity index (χ0) is 19.3. The highest BCUT2D eigenvalue weighted by Gasteiger charge is 2.29. The first-order valence-corrected chi connectivity index (χ1v) is 10.5. The Hall–Kier alpha value is -1.64. The molecule has 1 aromatic rings. The van der Waals surface area contributed by atoms with Crippen molar-refractivity contribution in [3.63, 3.8) is 0 Å². The minimum atomic E-state index is -3.76. The van der Waals surface area contributed by atoms with Crippen LogP contribution in [-0.4, -0.2) is 50.2 Å². The van der Waals surface area contributed by atoms with Crippen molar-refractivity contribution in [1.29, 1.82) is 0 Å². The Morgan fingerprint density at radius 1 is 1.23 bits per heavy atom. The summed E-state index contributed by atoms with van der Waals surface area (Å²) < 4.78 is 27.1. The highest BCUT2D eigenvalue weighted by Crippen LogP contribution is 2.27. The molecule has 1 aliphatic heterocycles. The third kappa shape index (κ3) is 4.75. The molecule has 7 nitrogen and oxygen atoms in total. The molecule has 1 saturated heterocycles. The van der Waals surface area contributed by atoms with Gasteiger partial charge in [0.1, 0.15) is 10.9 Å². The second-order valence-corrected chi connectivity index (χ2v) is 8.51. The van der Waals surface area contributed by atoms with Gasteiger partial charge in [0.15, 0.2) is 0 Å². The minimum absolute atomic E-state index is 0.0731. The van der Waals surface area contributed by atoms with Gasteiger partial charge in [-0.1, -0.05) is 18.0 Å². The van der Waals surface area contributed by atoms with Crippen LogP contribution in [0.5, 0.6) is 0 Å². The number of rotatable bonds is 6. The summed E-state index contributed by atoms with van der Waals surface area (Å²) in [5.41, 5.74) is 0.140. The second kappa shape index (κ2) is 8.83. The van der Waals surface area contributed by atoms with Crippen molar-refractivity contribution in [2.45, 2.75) is 44.0 Å². The molecule has 0 unspecified atom stereocenters. The molecular formula is C17H24ClN3O4S. The Morgan fingerprint density at radius 3 is 2.50 bits per heavy atom. The topological polar surface area (TPSA) is 95.6 Å². The fourth-order valence-corrected chi connectivity index (χ4v) is 4.78. The van der Waals surface area contributed by atoms with E-state index in [9.17, 15) is 18.0 Å². The molecule has 1 heterocycles. The maximum Gasteiger partial charge on any atom is 0.251 e. The number of hydrogen-bond acceptors (Lipinski definition) is 4. The van der Waals surface area contributed by atoms with E-state index in [0.29, 0.717) is 19.6 Å². The summed E-state index contributed by atoms with van der Waals surface area (Å²) in [6.45, 7) is 4.69. The maximum absolute atomic E-state index is 12.8. The number of carbonyl (C=O) groups excluding carboxylic acids is 2. The summed E-state index contributed by atoms with van der Waals surface area (Å²) in [5, 5.41) is 5.24. The van der Waals surface area contributed by atoms with Crippen molar-refractivity contribution in [3.8, 4) is 0 Å². The average Bonchev–Trinajstić information content (AvgIpc) is 2.62. The fourth-order valence-electron chi connectivity index (χ4n) is 2.76. The van der Waals surface area contributed by atoms with Crippen LogP contribution >= 0.6 is 11.6 Å². The lowest BCUT2D eigenvalue weighted by molar-refractivity contribution is -0.122. The molecule has 0 aliphatic carbocycles. The number of piperidine rings is 1. The lowest BCUT2D eigenvalue weighted by Crippen LogP contribution is -2.44. The number of amides is 2. The van der Waals surface area contributed by atoms with Crippen LogP contribution in [0.15, 0.2) is 23.1 Å². The van der Waals surface area contributed by atoms with E-state index in [1.807, 2.05) is 0 Å². The molecule has 2 amide bonds. The van der Waals surface area contributed by atoms with Crippen molar-refractivity contribution < 1.29 is 18.0 Å². The first-order valence-electron chi connectivity index (χ1n) is 8.65. The van der Waals surface area contributed by atoms with Gasteiger partial charge < -0.3 is 10.6 Å². The van der Waals surface area contributed by atoms with Gasteiger partial charge in [0, 0.05) is 25.2 Å². The standard InChI is InChI=1S/C17H24ClN3O4S/c1-3-19-16(22)12(2)20-17(23)13-7-8-14(18)15(11-13)26(24,25)21-9-5-4-6-10-21/h7-8,11-12H,3-6,9-10H2,1-2H3,(H,19,22)(H,20,23)/t12-/m1/s1. The van der Waals surface area contributed by atoms with Crippen LogP contribution in [0.25, 0.3) is 0 Å². The molecule has 9 heteroatoms. The van der Waals surface area contributed by atoms with Crippen molar-refractivity contribution in [2.24, 2.45) is 0 Å².